The van der Waals surface area contributed by atoms with Gasteiger partial charge in [0.25, 0.3) is 0 Å². The van der Waals surface area contributed by atoms with Crippen molar-refractivity contribution in [1.29, 1.82) is 0 Å². The molecule has 1 aliphatic carbocycles. The summed E-state index contributed by atoms with van der Waals surface area (Å²) in [6, 6.07) is 0. The van der Waals surface area contributed by atoms with Gasteiger partial charge in [0.15, 0.2) is 0 Å². The van der Waals surface area contributed by atoms with E-state index in [0.717, 1.165) is 0 Å². The van der Waals surface area contributed by atoms with Crippen LogP contribution in [0.25, 0.3) is 0 Å². The zero-order valence-electron chi connectivity index (χ0n) is 8.43. The zero-order valence-corrected chi connectivity index (χ0v) is 10.6. The van der Waals surface area contributed by atoms with E-state index >= 15 is 0 Å². The van der Waals surface area contributed by atoms with Crippen LogP contribution in [0.2, 0.25) is 0 Å². The van der Waals surface area contributed by atoms with Crippen molar-refractivity contribution in [3.05, 3.63) is 0 Å². The average molecular weight is 294 g/mol. The summed E-state index contributed by atoms with van der Waals surface area (Å²) in [5, 5.41) is 0. The molecule has 0 aromatic heterocycles. The third kappa shape index (κ3) is 1.22. The normalized spacial score (nSPS) is 41.3. The van der Waals surface area contributed by atoms with Gasteiger partial charge in [-0.2, -0.15) is 0 Å². The smallest absolute Gasteiger partial charge is 0.310 e. The summed E-state index contributed by atoms with van der Waals surface area (Å²) in [7, 11) is 0. The Morgan fingerprint density at radius 2 is 2.00 bits per heavy atom. The minimum absolute atomic E-state index is 0.0183. The van der Waals surface area contributed by atoms with Gasteiger partial charge in [0.1, 0.15) is 6.10 Å². The van der Waals surface area contributed by atoms with Crippen molar-refractivity contribution in [3.63, 3.8) is 0 Å². The molecule has 1 saturated heterocycles. The number of cyclic esters (lactones) is 1. The predicted octanol–water partition coefficient (Wildman–Crippen LogP) is 2.40. The van der Waals surface area contributed by atoms with Gasteiger partial charge in [0, 0.05) is 5.92 Å². The van der Waals surface area contributed by atoms with E-state index in [2.05, 4.69) is 50.3 Å². The minimum Gasteiger partial charge on any atom is -0.460 e. The molecule has 2 aliphatic rings. The van der Waals surface area contributed by atoms with Crippen molar-refractivity contribution in [2.24, 2.45) is 17.3 Å². The number of hydrogen-bond acceptors (Lipinski definition) is 2. The fourth-order valence-corrected chi connectivity index (χ4v) is 3.05. The Hall–Kier alpha value is 0.200. The Morgan fingerprint density at radius 3 is 2.23 bits per heavy atom. The van der Waals surface area contributed by atoms with Crippen LogP contribution in [0.3, 0.4) is 0 Å². The van der Waals surface area contributed by atoms with Crippen LogP contribution < -0.4 is 0 Å². The lowest BCUT2D eigenvalue weighted by Gasteiger charge is -2.28. The lowest BCUT2D eigenvalue weighted by molar-refractivity contribution is -0.148. The van der Waals surface area contributed by atoms with E-state index < -0.39 is 0 Å². The van der Waals surface area contributed by atoms with Crippen LogP contribution in [0.1, 0.15) is 27.7 Å². The molecule has 0 N–H and O–H groups in total. The van der Waals surface area contributed by atoms with Crippen molar-refractivity contribution < 1.29 is 9.53 Å². The van der Waals surface area contributed by atoms with Crippen LogP contribution >= 0.6 is 22.6 Å². The number of carbonyl (C=O) groups excluding carboxylic acids is 1. The molecule has 1 unspecified atom stereocenters. The third-order valence-electron chi connectivity index (χ3n) is 3.41. The number of alkyl halides is 1. The molecule has 3 atom stereocenters. The molecule has 1 saturated carbocycles. The van der Waals surface area contributed by atoms with Gasteiger partial charge in [-0.05, 0) is 19.3 Å². The lowest BCUT2D eigenvalue weighted by Crippen LogP contribution is -2.35. The summed E-state index contributed by atoms with van der Waals surface area (Å²) in [5.74, 6) is 0.642. The summed E-state index contributed by atoms with van der Waals surface area (Å²) in [6.07, 6.45) is 0.112. The van der Waals surface area contributed by atoms with Gasteiger partial charge in [-0.15, -0.1) is 0 Å². The lowest BCUT2D eigenvalue weighted by atomic mass is 9.97. The molecule has 1 heterocycles. The maximum absolute atomic E-state index is 11.5. The number of fused-ring (bicyclic) bond motifs is 1. The van der Waals surface area contributed by atoms with E-state index in [1.807, 2.05) is 0 Å². The summed E-state index contributed by atoms with van der Waals surface area (Å²) in [5.41, 5.74) is 0.183. The van der Waals surface area contributed by atoms with Crippen LogP contribution in [0, 0.1) is 17.3 Å². The van der Waals surface area contributed by atoms with E-state index in [-0.39, 0.29) is 26.8 Å². The molecular formula is C10H15IO2. The Bertz CT molecular complexity index is 265. The van der Waals surface area contributed by atoms with Crippen LogP contribution in [-0.4, -0.2) is 15.5 Å². The van der Waals surface area contributed by atoms with Crippen molar-refractivity contribution in [2.75, 3.05) is 0 Å². The molecule has 0 aromatic rings. The highest BCUT2D eigenvalue weighted by Crippen LogP contribution is 2.66. The Morgan fingerprint density at radius 1 is 1.46 bits per heavy atom. The van der Waals surface area contributed by atoms with Gasteiger partial charge in [0.2, 0.25) is 0 Å². The molecule has 1 aliphatic heterocycles. The summed E-state index contributed by atoms with van der Waals surface area (Å²) in [4.78, 5) is 11.5. The topological polar surface area (TPSA) is 26.3 Å². The first-order valence-electron chi connectivity index (χ1n) is 4.65. The van der Waals surface area contributed by atoms with Crippen LogP contribution in [0.5, 0.6) is 0 Å². The first-order valence-corrected chi connectivity index (χ1v) is 5.73. The highest BCUT2D eigenvalue weighted by atomic mass is 127. The number of halogens is 1. The second-order valence-electron chi connectivity index (χ2n) is 5.25. The number of rotatable bonds is 1. The van der Waals surface area contributed by atoms with E-state index in [0.29, 0.717) is 5.92 Å². The van der Waals surface area contributed by atoms with Crippen molar-refractivity contribution >= 4 is 28.6 Å². The SMILES string of the molecule is CC(C)(I)C1OC(=O)[C@@H]2[C@H]1C2(C)C. The molecule has 13 heavy (non-hydrogen) atoms. The van der Waals surface area contributed by atoms with E-state index in [1.165, 1.54) is 0 Å². The molecular weight excluding hydrogens is 279 g/mol. The molecule has 0 aromatic carbocycles. The quantitative estimate of drug-likeness (QED) is 0.422. The van der Waals surface area contributed by atoms with Gasteiger partial charge in [-0.25, -0.2) is 0 Å². The van der Waals surface area contributed by atoms with Gasteiger partial charge in [-0.3, -0.25) is 4.79 Å². The van der Waals surface area contributed by atoms with E-state index in [9.17, 15) is 4.79 Å². The van der Waals surface area contributed by atoms with Gasteiger partial charge in [0.05, 0.1) is 9.34 Å². The summed E-state index contributed by atoms with van der Waals surface area (Å²) < 4.78 is 5.43. The second kappa shape index (κ2) is 2.41. The molecule has 0 amide bonds. The van der Waals surface area contributed by atoms with Gasteiger partial charge >= 0.3 is 5.97 Å². The van der Waals surface area contributed by atoms with Crippen LogP contribution in [0.4, 0.5) is 0 Å². The van der Waals surface area contributed by atoms with Crippen LogP contribution in [-0.2, 0) is 9.53 Å². The Kier molecular flexibility index (Phi) is 1.81. The van der Waals surface area contributed by atoms with Gasteiger partial charge < -0.3 is 4.74 Å². The average Bonchev–Trinajstić information content (AvgIpc) is 2.35. The van der Waals surface area contributed by atoms with Crippen molar-refractivity contribution in [2.45, 2.75) is 37.2 Å². The highest BCUT2D eigenvalue weighted by Gasteiger charge is 2.72. The molecule has 0 radical (unpaired) electrons. The minimum atomic E-state index is 0.0183. The zero-order chi connectivity index (χ0) is 10.0. The monoisotopic (exact) mass is 294 g/mol. The molecule has 74 valence electrons. The highest BCUT2D eigenvalue weighted by molar-refractivity contribution is 14.1. The van der Waals surface area contributed by atoms with Gasteiger partial charge in [-0.1, -0.05) is 36.4 Å². The van der Waals surface area contributed by atoms with Crippen molar-refractivity contribution in [3.8, 4) is 0 Å². The number of ether oxygens (including phenoxy) is 1. The molecule has 3 heteroatoms. The number of carbonyl (C=O) groups is 1. The molecule has 2 rings (SSSR count). The first kappa shape index (κ1) is 9.74. The fourth-order valence-electron chi connectivity index (χ4n) is 2.53. The first-order chi connectivity index (χ1) is 5.76. The largest absolute Gasteiger partial charge is 0.460 e. The Balaban J connectivity index is 2.24. The molecule has 0 spiro atoms. The summed E-state index contributed by atoms with van der Waals surface area (Å²) in [6.45, 7) is 8.58. The maximum atomic E-state index is 11.5. The maximum Gasteiger partial charge on any atom is 0.310 e. The Labute approximate surface area is 92.5 Å². The molecule has 2 nitrogen and oxygen atoms in total. The van der Waals surface area contributed by atoms with E-state index in [4.69, 9.17) is 4.74 Å². The fraction of sp³-hybridized carbons (Fsp3) is 0.900. The molecule has 0 bridgehead atoms. The van der Waals surface area contributed by atoms with Crippen LogP contribution in [0.15, 0.2) is 0 Å². The third-order valence-corrected chi connectivity index (χ3v) is 4.02. The summed E-state index contributed by atoms with van der Waals surface area (Å²) >= 11 is 2.37. The standard InChI is InChI=1S/C10H15IO2/c1-9(2)5-6(9)8(12)13-7(5)10(3,4)11/h5-7H,1-4H3/t5-,6+,7?/m1/s1. The number of hydrogen-bond donors (Lipinski definition) is 0. The van der Waals surface area contributed by atoms with Crippen molar-refractivity contribution in [1.82, 2.24) is 0 Å². The predicted molar refractivity (Wildman–Crippen MR) is 58.7 cm³/mol. The number of esters is 1. The molecule has 2 fully saturated rings. The van der Waals surface area contributed by atoms with E-state index in [1.54, 1.807) is 0 Å². The second-order valence-corrected chi connectivity index (χ2v) is 8.03.